The molecule has 1 unspecified atom stereocenters. The lowest BCUT2D eigenvalue weighted by Crippen LogP contribution is -2.44. The summed E-state index contributed by atoms with van der Waals surface area (Å²) < 4.78 is 29.1. The lowest BCUT2D eigenvalue weighted by Gasteiger charge is -2.13. The summed E-state index contributed by atoms with van der Waals surface area (Å²) in [5, 5.41) is 11.0. The number of rotatable bonds is 7. The van der Waals surface area contributed by atoms with E-state index in [-0.39, 0.29) is 5.75 Å². The third-order valence-corrected chi connectivity index (χ3v) is 4.23. The van der Waals surface area contributed by atoms with Crippen molar-refractivity contribution in [3.05, 3.63) is 29.8 Å². The van der Waals surface area contributed by atoms with Crippen LogP contribution in [0.1, 0.15) is 12.5 Å². The topological polar surface area (TPSA) is 110 Å². The van der Waals surface area contributed by atoms with E-state index in [1.54, 1.807) is 24.3 Å². The SMILES string of the molecule is COc1cccc(CS(=O)(=O)CC(NC(C)=O)C(=O)O)c1. The molecule has 0 fully saturated rings. The van der Waals surface area contributed by atoms with Gasteiger partial charge >= 0.3 is 5.97 Å². The van der Waals surface area contributed by atoms with Crippen LogP contribution in [0.25, 0.3) is 0 Å². The Morgan fingerprint density at radius 1 is 1.38 bits per heavy atom. The second-order valence-electron chi connectivity index (χ2n) is 4.50. The highest BCUT2D eigenvalue weighted by Crippen LogP contribution is 2.15. The fraction of sp³-hybridized carbons (Fsp3) is 0.385. The van der Waals surface area contributed by atoms with Gasteiger partial charge in [0.05, 0.1) is 18.6 Å². The van der Waals surface area contributed by atoms with Crippen LogP contribution in [-0.4, -0.2) is 44.3 Å². The average molecular weight is 315 g/mol. The van der Waals surface area contributed by atoms with Gasteiger partial charge in [0.15, 0.2) is 9.84 Å². The summed E-state index contributed by atoms with van der Waals surface area (Å²) in [6.07, 6.45) is 0. The van der Waals surface area contributed by atoms with Crippen LogP contribution in [0.3, 0.4) is 0 Å². The maximum Gasteiger partial charge on any atom is 0.327 e. The monoisotopic (exact) mass is 315 g/mol. The lowest BCUT2D eigenvalue weighted by molar-refractivity contribution is -0.140. The van der Waals surface area contributed by atoms with Crippen LogP contribution in [0, 0.1) is 0 Å². The number of hydrogen-bond acceptors (Lipinski definition) is 5. The first-order chi connectivity index (χ1) is 9.73. The number of methoxy groups -OCH3 is 1. The number of ether oxygens (including phenoxy) is 1. The second kappa shape index (κ2) is 7.07. The molecule has 0 heterocycles. The fourth-order valence-electron chi connectivity index (χ4n) is 1.75. The quantitative estimate of drug-likeness (QED) is 0.744. The summed E-state index contributed by atoms with van der Waals surface area (Å²) in [6, 6.07) is 5.03. The number of carboxylic acid groups (broad SMARTS) is 1. The molecule has 21 heavy (non-hydrogen) atoms. The number of hydrogen-bond donors (Lipinski definition) is 2. The third-order valence-electron chi connectivity index (χ3n) is 2.62. The Kier molecular flexibility index (Phi) is 5.71. The van der Waals surface area contributed by atoms with E-state index in [1.165, 1.54) is 7.11 Å². The summed E-state index contributed by atoms with van der Waals surface area (Å²) >= 11 is 0. The van der Waals surface area contributed by atoms with Crippen molar-refractivity contribution in [2.45, 2.75) is 18.7 Å². The summed E-state index contributed by atoms with van der Waals surface area (Å²) in [5.74, 6) is -2.47. The Bertz CT molecular complexity index is 625. The predicted octanol–water partition coefficient (Wildman–Crippen LogP) is 0.199. The van der Waals surface area contributed by atoms with E-state index in [2.05, 4.69) is 5.32 Å². The Morgan fingerprint density at radius 2 is 2.05 bits per heavy atom. The number of sulfone groups is 1. The van der Waals surface area contributed by atoms with Gasteiger partial charge in [0.1, 0.15) is 11.8 Å². The molecule has 0 aromatic heterocycles. The molecule has 116 valence electrons. The molecule has 7 nitrogen and oxygen atoms in total. The lowest BCUT2D eigenvalue weighted by atomic mass is 10.2. The van der Waals surface area contributed by atoms with Crippen LogP contribution in [0.15, 0.2) is 24.3 Å². The van der Waals surface area contributed by atoms with E-state index in [0.717, 1.165) is 6.92 Å². The van der Waals surface area contributed by atoms with Gasteiger partial charge < -0.3 is 15.2 Å². The second-order valence-corrected chi connectivity index (χ2v) is 6.61. The number of nitrogens with one attached hydrogen (secondary N) is 1. The highest BCUT2D eigenvalue weighted by molar-refractivity contribution is 7.90. The molecule has 1 atom stereocenters. The molecule has 1 amide bonds. The van der Waals surface area contributed by atoms with Crippen molar-refractivity contribution in [2.24, 2.45) is 0 Å². The number of carbonyl (C=O) groups is 2. The molecule has 2 N–H and O–H groups in total. The zero-order chi connectivity index (χ0) is 16.0. The number of aliphatic carboxylic acids is 1. The van der Waals surface area contributed by atoms with Gasteiger partial charge in [-0.1, -0.05) is 12.1 Å². The molecular formula is C13H17NO6S. The van der Waals surface area contributed by atoms with Gasteiger partial charge in [0.25, 0.3) is 0 Å². The zero-order valence-electron chi connectivity index (χ0n) is 11.7. The standard InChI is InChI=1S/C13H17NO6S/c1-9(15)14-12(13(16)17)8-21(18,19)7-10-4-3-5-11(6-10)20-2/h3-6,12H,7-8H2,1-2H3,(H,14,15)(H,16,17). The molecule has 0 saturated carbocycles. The van der Waals surface area contributed by atoms with Gasteiger partial charge in [0.2, 0.25) is 5.91 Å². The molecule has 0 aliphatic rings. The molecular weight excluding hydrogens is 298 g/mol. The Morgan fingerprint density at radius 3 is 2.57 bits per heavy atom. The normalized spacial score (nSPS) is 12.5. The first-order valence-corrected chi connectivity index (χ1v) is 7.89. The van der Waals surface area contributed by atoms with Crippen molar-refractivity contribution in [1.82, 2.24) is 5.32 Å². The minimum Gasteiger partial charge on any atom is -0.497 e. The average Bonchev–Trinajstić information content (AvgIpc) is 2.36. The molecule has 0 bridgehead atoms. The van der Waals surface area contributed by atoms with Crippen LogP contribution in [0.5, 0.6) is 5.75 Å². The van der Waals surface area contributed by atoms with E-state index < -0.39 is 33.5 Å². The predicted molar refractivity (Wildman–Crippen MR) is 75.7 cm³/mol. The Labute approximate surface area is 122 Å². The molecule has 8 heteroatoms. The van der Waals surface area contributed by atoms with Gasteiger partial charge in [-0.15, -0.1) is 0 Å². The van der Waals surface area contributed by atoms with Crippen LogP contribution < -0.4 is 10.1 Å². The molecule has 1 aromatic rings. The summed E-state index contributed by atoms with van der Waals surface area (Å²) in [7, 11) is -2.24. The Balaban J connectivity index is 2.84. The van der Waals surface area contributed by atoms with E-state index in [4.69, 9.17) is 9.84 Å². The van der Waals surface area contributed by atoms with Crippen LogP contribution >= 0.6 is 0 Å². The van der Waals surface area contributed by atoms with Crippen molar-refractivity contribution >= 4 is 21.7 Å². The van der Waals surface area contributed by atoms with Crippen LogP contribution in [0.2, 0.25) is 0 Å². The van der Waals surface area contributed by atoms with Crippen molar-refractivity contribution in [2.75, 3.05) is 12.9 Å². The molecule has 1 rings (SSSR count). The molecule has 0 radical (unpaired) electrons. The summed E-state index contributed by atoms with van der Waals surface area (Å²) in [4.78, 5) is 21.9. The number of carboxylic acids is 1. The first-order valence-electron chi connectivity index (χ1n) is 6.07. The minimum absolute atomic E-state index is 0.326. The highest BCUT2D eigenvalue weighted by Gasteiger charge is 2.26. The number of carbonyl (C=O) groups excluding carboxylic acids is 1. The Hall–Kier alpha value is -2.09. The molecule has 0 aliphatic heterocycles. The smallest absolute Gasteiger partial charge is 0.327 e. The summed E-state index contributed by atoms with van der Waals surface area (Å²) in [6.45, 7) is 1.13. The molecule has 1 aromatic carbocycles. The van der Waals surface area contributed by atoms with Gasteiger partial charge in [-0.05, 0) is 17.7 Å². The van der Waals surface area contributed by atoms with Gasteiger partial charge in [0, 0.05) is 6.92 Å². The molecule has 0 saturated heterocycles. The van der Waals surface area contributed by atoms with Crippen molar-refractivity contribution in [3.63, 3.8) is 0 Å². The van der Waals surface area contributed by atoms with E-state index in [1.807, 2.05) is 0 Å². The van der Waals surface area contributed by atoms with Gasteiger partial charge in [-0.3, -0.25) is 4.79 Å². The fourth-order valence-corrected chi connectivity index (χ4v) is 3.29. The minimum atomic E-state index is -3.70. The summed E-state index contributed by atoms with van der Waals surface area (Å²) in [5.41, 5.74) is 0.487. The van der Waals surface area contributed by atoms with Crippen LogP contribution in [0.4, 0.5) is 0 Å². The zero-order valence-corrected chi connectivity index (χ0v) is 12.5. The third kappa shape index (κ3) is 5.82. The van der Waals surface area contributed by atoms with Gasteiger partial charge in [-0.2, -0.15) is 0 Å². The largest absolute Gasteiger partial charge is 0.497 e. The van der Waals surface area contributed by atoms with Crippen LogP contribution in [-0.2, 0) is 25.2 Å². The first kappa shape index (κ1) is 17.0. The number of amides is 1. The molecule has 0 spiro atoms. The van der Waals surface area contributed by atoms with Crippen molar-refractivity contribution in [1.29, 1.82) is 0 Å². The van der Waals surface area contributed by atoms with Crippen molar-refractivity contribution in [3.8, 4) is 5.75 Å². The van der Waals surface area contributed by atoms with E-state index in [0.29, 0.717) is 11.3 Å². The van der Waals surface area contributed by atoms with E-state index >= 15 is 0 Å². The maximum absolute atomic E-state index is 12.0. The molecule has 0 aliphatic carbocycles. The number of benzene rings is 1. The maximum atomic E-state index is 12.0. The van der Waals surface area contributed by atoms with E-state index in [9.17, 15) is 18.0 Å². The van der Waals surface area contributed by atoms with Gasteiger partial charge in [-0.25, -0.2) is 13.2 Å². The van der Waals surface area contributed by atoms with Crippen molar-refractivity contribution < 1.29 is 27.9 Å². The highest BCUT2D eigenvalue weighted by atomic mass is 32.2.